The SMILES string of the molecule is C=CCNC(=O)c1cc(OC)ncn1. The lowest BCUT2D eigenvalue weighted by atomic mass is 10.3. The molecule has 1 N–H and O–H groups in total. The van der Waals surface area contributed by atoms with E-state index in [0.29, 0.717) is 12.4 Å². The molecule has 0 spiro atoms. The van der Waals surface area contributed by atoms with Crippen molar-refractivity contribution in [3.63, 3.8) is 0 Å². The van der Waals surface area contributed by atoms with Crippen LogP contribution in [-0.2, 0) is 0 Å². The molecule has 0 saturated carbocycles. The second-order valence-corrected chi connectivity index (χ2v) is 2.44. The summed E-state index contributed by atoms with van der Waals surface area (Å²) in [5.74, 6) is 0.0920. The molecule has 1 aromatic rings. The molecule has 0 aliphatic rings. The summed E-state index contributed by atoms with van der Waals surface area (Å²) in [5, 5.41) is 2.60. The Morgan fingerprint density at radius 3 is 3.14 bits per heavy atom. The Morgan fingerprint density at radius 1 is 1.71 bits per heavy atom. The molecule has 0 unspecified atom stereocenters. The normalized spacial score (nSPS) is 9.21. The van der Waals surface area contributed by atoms with E-state index in [4.69, 9.17) is 4.74 Å². The van der Waals surface area contributed by atoms with Gasteiger partial charge in [-0.15, -0.1) is 6.58 Å². The quantitative estimate of drug-likeness (QED) is 0.703. The van der Waals surface area contributed by atoms with Crippen LogP contribution in [0.25, 0.3) is 0 Å². The van der Waals surface area contributed by atoms with Gasteiger partial charge in [-0.3, -0.25) is 4.79 Å². The highest BCUT2D eigenvalue weighted by Gasteiger charge is 2.06. The van der Waals surface area contributed by atoms with Crippen LogP contribution < -0.4 is 10.1 Å². The van der Waals surface area contributed by atoms with Gasteiger partial charge < -0.3 is 10.1 Å². The number of carbonyl (C=O) groups is 1. The standard InChI is InChI=1S/C9H11N3O2/c1-3-4-10-9(13)7-5-8(14-2)12-6-11-7/h3,5-6H,1,4H2,2H3,(H,10,13). The lowest BCUT2D eigenvalue weighted by Gasteiger charge is -2.02. The van der Waals surface area contributed by atoms with E-state index >= 15 is 0 Å². The molecule has 74 valence electrons. The molecule has 0 fully saturated rings. The van der Waals surface area contributed by atoms with Crippen LogP contribution in [0, 0.1) is 0 Å². The van der Waals surface area contributed by atoms with Gasteiger partial charge >= 0.3 is 0 Å². The molecule has 1 heterocycles. The van der Waals surface area contributed by atoms with Crippen molar-refractivity contribution in [3.8, 4) is 5.88 Å². The largest absolute Gasteiger partial charge is 0.481 e. The van der Waals surface area contributed by atoms with Gasteiger partial charge in [0.25, 0.3) is 5.91 Å². The Balaban J connectivity index is 2.73. The minimum Gasteiger partial charge on any atom is -0.481 e. The van der Waals surface area contributed by atoms with Gasteiger partial charge in [0.05, 0.1) is 7.11 Å². The first-order valence-corrected chi connectivity index (χ1v) is 4.03. The molecule has 5 heteroatoms. The Labute approximate surface area is 81.8 Å². The summed E-state index contributed by atoms with van der Waals surface area (Å²) >= 11 is 0. The average molecular weight is 193 g/mol. The van der Waals surface area contributed by atoms with Crippen molar-refractivity contribution in [3.05, 3.63) is 30.7 Å². The molecular weight excluding hydrogens is 182 g/mol. The van der Waals surface area contributed by atoms with Crippen molar-refractivity contribution in [2.45, 2.75) is 0 Å². The van der Waals surface area contributed by atoms with Crippen LogP contribution in [0.2, 0.25) is 0 Å². The van der Waals surface area contributed by atoms with E-state index in [1.807, 2.05) is 0 Å². The number of hydrogen-bond acceptors (Lipinski definition) is 4. The van der Waals surface area contributed by atoms with Crippen LogP contribution in [0.15, 0.2) is 25.0 Å². The summed E-state index contributed by atoms with van der Waals surface area (Å²) in [6.07, 6.45) is 2.87. The fourth-order valence-electron chi connectivity index (χ4n) is 0.831. The van der Waals surface area contributed by atoms with Gasteiger partial charge in [-0.1, -0.05) is 6.08 Å². The Bertz CT molecular complexity index is 339. The molecule has 0 atom stereocenters. The molecule has 1 amide bonds. The third-order valence-electron chi connectivity index (χ3n) is 1.49. The fraction of sp³-hybridized carbons (Fsp3) is 0.222. The number of nitrogens with zero attached hydrogens (tertiary/aromatic N) is 2. The van der Waals surface area contributed by atoms with Gasteiger partial charge in [0.15, 0.2) is 0 Å². The topological polar surface area (TPSA) is 64.1 Å². The zero-order valence-corrected chi connectivity index (χ0v) is 7.86. The summed E-state index contributed by atoms with van der Waals surface area (Å²) in [6, 6.07) is 1.47. The number of hydrogen-bond donors (Lipinski definition) is 1. The maximum Gasteiger partial charge on any atom is 0.270 e. The van der Waals surface area contributed by atoms with Crippen LogP contribution in [0.3, 0.4) is 0 Å². The number of nitrogens with one attached hydrogen (secondary N) is 1. The number of amides is 1. The van der Waals surface area contributed by atoms with E-state index in [9.17, 15) is 4.79 Å². The van der Waals surface area contributed by atoms with E-state index in [2.05, 4.69) is 21.9 Å². The van der Waals surface area contributed by atoms with Crippen LogP contribution in [0.1, 0.15) is 10.5 Å². The Hall–Kier alpha value is -1.91. The molecule has 0 radical (unpaired) electrons. The average Bonchev–Trinajstić information content (AvgIpc) is 2.26. The summed E-state index contributed by atoms with van der Waals surface area (Å²) < 4.78 is 4.86. The van der Waals surface area contributed by atoms with Crippen molar-refractivity contribution in [2.75, 3.05) is 13.7 Å². The van der Waals surface area contributed by atoms with Crippen molar-refractivity contribution in [1.29, 1.82) is 0 Å². The van der Waals surface area contributed by atoms with Gasteiger partial charge in [-0.25, -0.2) is 9.97 Å². The number of carbonyl (C=O) groups excluding carboxylic acids is 1. The summed E-state index contributed by atoms with van der Waals surface area (Å²) in [4.78, 5) is 19.0. The summed E-state index contributed by atoms with van der Waals surface area (Å²) in [5.41, 5.74) is 0.277. The monoisotopic (exact) mass is 193 g/mol. The third-order valence-corrected chi connectivity index (χ3v) is 1.49. The van der Waals surface area contributed by atoms with Crippen LogP contribution >= 0.6 is 0 Å². The highest BCUT2D eigenvalue weighted by molar-refractivity contribution is 5.92. The highest BCUT2D eigenvalue weighted by atomic mass is 16.5. The van der Waals surface area contributed by atoms with Crippen molar-refractivity contribution >= 4 is 5.91 Å². The molecule has 1 aromatic heterocycles. The number of rotatable bonds is 4. The molecule has 0 aromatic carbocycles. The third kappa shape index (κ3) is 2.55. The van der Waals surface area contributed by atoms with Crippen molar-refractivity contribution in [1.82, 2.24) is 15.3 Å². The Morgan fingerprint density at radius 2 is 2.50 bits per heavy atom. The van der Waals surface area contributed by atoms with Gasteiger partial charge in [-0.05, 0) is 0 Å². The summed E-state index contributed by atoms with van der Waals surface area (Å²) in [6.45, 7) is 3.90. The van der Waals surface area contributed by atoms with Crippen LogP contribution in [-0.4, -0.2) is 29.5 Å². The molecule has 5 nitrogen and oxygen atoms in total. The number of methoxy groups -OCH3 is 1. The maximum absolute atomic E-state index is 11.4. The second kappa shape index (κ2) is 4.96. The zero-order chi connectivity index (χ0) is 10.4. The fourth-order valence-corrected chi connectivity index (χ4v) is 0.831. The minimum absolute atomic E-state index is 0.273. The molecule has 0 aliphatic carbocycles. The van der Waals surface area contributed by atoms with E-state index in [1.54, 1.807) is 6.08 Å². The molecule has 0 bridgehead atoms. The molecule has 1 rings (SSSR count). The second-order valence-electron chi connectivity index (χ2n) is 2.44. The van der Waals surface area contributed by atoms with Crippen molar-refractivity contribution < 1.29 is 9.53 Å². The van der Waals surface area contributed by atoms with Gasteiger partial charge in [0.1, 0.15) is 12.0 Å². The predicted molar refractivity (Wildman–Crippen MR) is 51.1 cm³/mol. The van der Waals surface area contributed by atoms with E-state index in [-0.39, 0.29) is 11.6 Å². The van der Waals surface area contributed by atoms with Crippen LogP contribution in [0.5, 0.6) is 5.88 Å². The van der Waals surface area contributed by atoms with Gasteiger partial charge in [0, 0.05) is 12.6 Å². The smallest absolute Gasteiger partial charge is 0.270 e. The first kappa shape index (κ1) is 10.2. The lowest BCUT2D eigenvalue weighted by molar-refractivity contribution is 0.0952. The molecule has 0 saturated heterocycles. The Kier molecular flexibility index (Phi) is 3.60. The number of ether oxygens (including phenoxy) is 1. The van der Waals surface area contributed by atoms with Crippen LogP contribution in [0.4, 0.5) is 0 Å². The summed E-state index contributed by atoms with van der Waals surface area (Å²) in [7, 11) is 1.48. The van der Waals surface area contributed by atoms with E-state index in [0.717, 1.165) is 0 Å². The molecular formula is C9H11N3O2. The van der Waals surface area contributed by atoms with E-state index in [1.165, 1.54) is 19.5 Å². The zero-order valence-electron chi connectivity index (χ0n) is 7.86. The molecule has 0 aliphatic heterocycles. The minimum atomic E-state index is -0.273. The lowest BCUT2D eigenvalue weighted by Crippen LogP contribution is -2.24. The predicted octanol–water partition coefficient (Wildman–Crippen LogP) is 0.401. The maximum atomic E-state index is 11.4. The first-order valence-electron chi connectivity index (χ1n) is 4.03. The van der Waals surface area contributed by atoms with E-state index < -0.39 is 0 Å². The van der Waals surface area contributed by atoms with Crippen molar-refractivity contribution in [2.24, 2.45) is 0 Å². The molecule has 14 heavy (non-hydrogen) atoms. The first-order chi connectivity index (χ1) is 6.77. The van der Waals surface area contributed by atoms with Gasteiger partial charge in [-0.2, -0.15) is 0 Å². The number of aromatic nitrogens is 2. The highest BCUT2D eigenvalue weighted by Crippen LogP contribution is 2.04. The van der Waals surface area contributed by atoms with Gasteiger partial charge in [0.2, 0.25) is 5.88 Å².